The van der Waals surface area contributed by atoms with Crippen LogP contribution in [0.2, 0.25) is 0 Å². The van der Waals surface area contributed by atoms with Crippen molar-refractivity contribution in [3.05, 3.63) is 416 Å². The Morgan fingerprint density at radius 3 is 0.464 bits per heavy atom. The van der Waals surface area contributed by atoms with Gasteiger partial charge in [0.1, 0.15) is 23.0 Å². The van der Waals surface area contributed by atoms with E-state index in [1.165, 1.54) is 20.8 Å². The average molecular weight is 1850 g/mol. The summed E-state index contributed by atoms with van der Waals surface area (Å²) < 4.78 is 62.8. The molecule has 0 atom stereocenters. The Kier molecular flexibility index (Phi) is 36.8. The molecule has 0 saturated heterocycles. The van der Waals surface area contributed by atoms with Gasteiger partial charge in [0.2, 0.25) is 0 Å². The molecule has 0 aliphatic heterocycles. The lowest BCUT2D eigenvalue weighted by atomic mass is 10.00. The Labute approximate surface area is 796 Å². The van der Waals surface area contributed by atoms with E-state index in [1.54, 1.807) is 142 Å². The lowest BCUT2D eigenvalue weighted by Crippen LogP contribution is -2.12. The van der Waals surface area contributed by atoms with Crippen LogP contribution in [0.3, 0.4) is 0 Å². The van der Waals surface area contributed by atoms with Gasteiger partial charge in [0, 0.05) is 69.9 Å². The molecule has 12 aromatic carbocycles. The molecule has 692 valence electrons. The van der Waals surface area contributed by atoms with Crippen LogP contribution in [0, 0.1) is 0 Å². The van der Waals surface area contributed by atoms with Gasteiger partial charge >= 0.3 is 71.6 Å². The van der Waals surface area contributed by atoms with E-state index in [4.69, 9.17) is 56.8 Å². The first kappa shape index (κ1) is 103. The summed E-state index contributed by atoms with van der Waals surface area (Å²) in [5.41, 5.74) is 15.6. The number of esters is 12. The summed E-state index contributed by atoms with van der Waals surface area (Å²) >= 11 is 0. The number of ether oxygens (including phenoxy) is 12. The molecule has 24 nitrogen and oxygen atoms in total. The molecule has 0 N–H and O–H groups in total. The molecule has 0 spiro atoms. The summed E-state index contributed by atoms with van der Waals surface area (Å²) in [6, 6.07) is 79.0. The minimum Gasteiger partial charge on any atom is -0.423 e. The van der Waals surface area contributed by atoms with Crippen molar-refractivity contribution in [1.29, 1.82) is 0 Å². The molecular weight excluding hydrogens is 1750 g/mol. The summed E-state index contributed by atoms with van der Waals surface area (Å²) in [7, 11) is 0. The molecule has 12 rings (SSSR count). The van der Waals surface area contributed by atoms with Crippen LogP contribution in [0.5, 0.6) is 69.0 Å². The van der Waals surface area contributed by atoms with Gasteiger partial charge in [-0.2, -0.15) is 0 Å². The third kappa shape index (κ3) is 30.1. The molecule has 0 unspecified atom stereocenters. The third-order valence-electron chi connectivity index (χ3n) is 19.0. The predicted molar refractivity (Wildman–Crippen MR) is 527 cm³/mol. The van der Waals surface area contributed by atoms with Crippen LogP contribution in [-0.2, 0) is 57.5 Å². The zero-order chi connectivity index (χ0) is 100. The van der Waals surface area contributed by atoms with Crippen molar-refractivity contribution in [2.24, 2.45) is 0 Å². The van der Waals surface area contributed by atoms with Gasteiger partial charge in [-0.25, -0.2) is 57.5 Å². The maximum absolute atomic E-state index is 12.1. The van der Waals surface area contributed by atoms with Gasteiger partial charge in [0.15, 0.2) is 46.0 Å². The Hall–Kier alpha value is -18.8. The van der Waals surface area contributed by atoms with Crippen LogP contribution >= 0.6 is 0 Å². The van der Waals surface area contributed by atoms with E-state index in [-0.39, 0.29) is 62.7 Å². The molecule has 24 heteroatoms. The summed E-state index contributed by atoms with van der Waals surface area (Å²) in [5.74, 6) is -4.72. The predicted octanol–water partition coefficient (Wildman–Crippen LogP) is 23.5. The van der Waals surface area contributed by atoms with Crippen LogP contribution < -0.4 is 56.8 Å². The standard InChI is InChI=1S/C30H26O6.C29H24O6.C28H22O6.C27H20O6/c1-18(2)28(31)34-25-14-11-22(12-15-25)21-7-9-23(10-8-21)24-13-16-26(35-29(32)19(3)4)27(17-24)36-30(33)20(5)6;1-6-27(30)34-26-17-23(13-16-25(26)35-29(32)19(4)5)22-9-7-20(8-10-22)21-11-14-24(15-12-21)33-28(31)18(2)3;1-5-26(29)33-24-16-13-22(17-25(24)34-27(30)6-2)21-9-7-19(8-10-21)20-11-14-23(15-12-20)32-28(31)18(3)4;1-4-25(28)31-22-14-11-19(12-15-22)18-7-9-20(10-8-18)21-13-16-23(32-26(29)5-2)24(17-21)33-27(30)6-3/h7-17H,1,3,5H2,2,4,6H3;6-17H,1-2,4H2,3,5H3;5-17H,1-3H2,4H3;4-17H,1-3H2. The third-order valence-corrected chi connectivity index (χ3v) is 19.0. The van der Waals surface area contributed by atoms with Gasteiger partial charge < -0.3 is 56.8 Å². The number of carbonyl (C=O) groups excluding carboxylic acids is 12. The van der Waals surface area contributed by atoms with E-state index in [2.05, 4.69) is 78.9 Å². The highest BCUT2D eigenvalue weighted by Gasteiger charge is 2.22. The number of hydrogen-bond donors (Lipinski definition) is 0. The Balaban J connectivity index is 0.000000206. The number of rotatable bonds is 32. The monoisotopic (exact) mass is 1840 g/mol. The second kappa shape index (κ2) is 49.4. The van der Waals surface area contributed by atoms with E-state index >= 15 is 0 Å². The molecule has 0 fully saturated rings. The van der Waals surface area contributed by atoms with Crippen molar-refractivity contribution in [2.45, 2.75) is 41.5 Å². The molecule has 12 aromatic rings. The van der Waals surface area contributed by atoms with Crippen LogP contribution in [0.4, 0.5) is 0 Å². The van der Waals surface area contributed by atoms with Gasteiger partial charge in [-0.1, -0.05) is 249 Å². The van der Waals surface area contributed by atoms with Crippen molar-refractivity contribution in [3.63, 3.8) is 0 Å². The minimum absolute atomic E-state index is 0.0846. The minimum atomic E-state index is -0.680. The van der Waals surface area contributed by atoms with Crippen molar-refractivity contribution < 1.29 is 114 Å². The van der Waals surface area contributed by atoms with Crippen LogP contribution in [0.25, 0.3) is 89.0 Å². The average Bonchev–Trinajstić information content (AvgIpc) is 0.820. The first-order chi connectivity index (χ1) is 65.9. The SMILES string of the molecule is C=C(C)C(=O)Oc1ccc(-c2ccc(-c3ccc(OC(=O)C(=C)C)c(OC(=O)C(=C)C)c3)cc2)cc1.C=CC(=O)Oc1cc(-c2ccc(-c3ccc(OC(=O)C(=C)C)cc3)cc2)ccc1OC(=O)C(=C)C.C=CC(=O)Oc1ccc(-c2ccc(-c3ccc(OC(=O)C(=C)C)cc3)cc2)cc1OC(=O)C=C.C=CC(=O)Oc1ccc(-c2ccc(-c3ccc(OC(=O)C=C)c(OC(=O)C=C)c3)cc2)cc1. The Bertz CT molecular complexity index is 6810. The number of benzene rings is 12. The zero-order valence-electron chi connectivity index (χ0n) is 76.2. The summed E-state index contributed by atoms with van der Waals surface area (Å²) in [6.07, 6.45) is 6.20. The van der Waals surface area contributed by atoms with E-state index in [9.17, 15) is 57.5 Å². The Morgan fingerprint density at radius 2 is 0.283 bits per heavy atom. The van der Waals surface area contributed by atoms with Crippen LogP contribution in [0.15, 0.2) is 416 Å². The second-order valence-electron chi connectivity index (χ2n) is 29.8. The van der Waals surface area contributed by atoms with Gasteiger partial charge in [0.25, 0.3) is 0 Å². The molecule has 0 aliphatic carbocycles. The highest BCUT2D eigenvalue weighted by atomic mass is 16.6. The second-order valence-corrected chi connectivity index (χ2v) is 29.8. The van der Waals surface area contributed by atoms with Crippen molar-refractivity contribution in [2.75, 3.05) is 0 Å². The van der Waals surface area contributed by atoms with Crippen molar-refractivity contribution in [3.8, 4) is 158 Å². The zero-order valence-corrected chi connectivity index (χ0v) is 76.2. The van der Waals surface area contributed by atoms with Crippen molar-refractivity contribution >= 4 is 71.6 Å². The molecule has 0 saturated carbocycles. The van der Waals surface area contributed by atoms with Gasteiger partial charge in [-0.3, -0.25) is 0 Å². The normalized spacial score (nSPS) is 10.1. The fourth-order valence-corrected chi connectivity index (χ4v) is 11.7. The lowest BCUT2D eigenvalue weighted by molar-refractivity contribution is -0.132. The topological polar surface area (TPSA) is 316 Å². The highest BCUT2D eigenvalue weighted by molar-refractivity contribution is 5.95. The summed E-state index contributed by atoms with van der Waals surface area (Å²) in [6.45, 7) is 51.0. The molecule has 0 bridgehead atoms. The quantitative estimate of drug-likeness (QED) is 0.0215. The lowest BCUT2D eigenvalue weighted by Gasteiger charge is -2.13. The maximum atomic E-state index is 12.1. The number of carbonyl (C=O) groups is 12. The van der Waals surface area contributed by atoms with Crippen LogP contribution in [-0.4, -0.2) is 71.6 Å². The molecular formula is C114H92O24. The molecule has 0 aliphatic rings. The van der Waals surface area contributed by atoms with Gasteiger partial charge in [-0.15, -0.1) is 0 Å². The first-order valence-electron chi connectivity index (χ1n) is 41.7. The first-order valence-corrected chi connectivity index (χ1v) is 41.7. The molecule has 0 amide bonds. The molecule has 0 heterocycles. The van der Waals surface area contributed by atoms with E-state index in [1.807, 2.05) is 146 Å². The summed E-state index contributed by atoms with van der Waals surface area (Å²) in [4.78, 5) is 141. The van der Waals surface area contributed by atoms with Crippen molar-refractivity contribution in [1.82, 2.24) is 0 Å². The van der Waals surface area contributed by atoms with E-state index in [0.717, 1.165) is 125 Å². The number of hydrogen-bond acceptors (Lipinski definition) is 24. The highest BCUT2D eigenvalue weighted by Crippen LogP contribution is 2.41. The van der Waals surface area contributed by atoms with Crippen LogP contribution in [0.1, 0.15) is 41.5 Å². The van der Waals surface area contributed by atoms with Gasteiger partial charge in [-0.05, 0) is 228 Å². The van der Waals surface area contributed by atoms with E-state index < -0.39 is 71.6 Å². The molecule has 138 heavy (non-hydrogen) atoms. The Morgan fingerprint density at radius 1 is 0.159 bits per heavy atom. The molecule has 0 aromatic heterocycles. The fourth-order valence-electron chi connectivity index (χ4n) is 11.7. The largest absolute Gasteiger partial charge is 0.423 e. The van der Waals surface area contributed by atoms with Gasteiger partial charge in [0.05, 0.1) is 0 Å². The smallest absolute Gasteiger partial charge is 0.338 e. The fraction of sp³-hybridized carbons (Fsp3) is 0.0526. The summed E-state index contributed by atoms with van der Waals surface area (Å²) in [5, 5.41) is 0. The molecule has 0 radical (unpaired) electrons. The maximum Gasteiger partial charge on any atom is 0.338 e. The van der Waals surface area contributed by atoms with E-state index in [0.29, 0.717) is 39.7 Å².